The second-order valence-electron chi connectivity index (χ2n) is 2.79. The van der Waals surface area contributed by atoms with Crippen molar-refractivity contribution in [2.75, 3.05) is 0 Å². The first kappa shape index (κ1) is 9.16. The lowest BCUT2D eigenvalue weighted by Crippen LogP contribution is -2.24. The quantitative estimate of drug-likeness (QED) is 0.699. The predicted molar refractivity (Wildman–Crippen MR) is 45.0 cm³/mol. The number of nitrogens with two attached hydrogens (primary N) is 1. The van der Waals surface area contributed by atoms with Crippen molar-refractivity contribution in [2.45, 2.75) is 19.1 Å². The molecule has 0 heterocycles. The Morgan fingerprint density at radius 2 is 2.00 bits per heavy atom. The zero-order chi connectivity index (χ0) is 9.14. The number of aliphatic hydroxyl groups is 1. The van der Waals surface area contributed by atoms with Gasteiger partial charge in [-0.15, -0.1) is 0 Å². The van der Waals surface area contributed by atoms with Crippen LogP contribution in [0.1, 0.15) is 18.5 Å². The average molecular weight is 169 g/mol. The van der Waals surface area contributed by atoms with E-state index >= 15 is 0 Å². The van der Waals surface area contributed by atoms with Crippen LogP contribution in [0.3, 0.4) is 0 Å². The number of aliphatic hydroxyl groups excluding tert-OH is 1. The van der Waals surface area contributed by atoms with E-state index < -0.39 is 12.1 Å². The summed E-state index contributed by atoms with van der Waals surface area (Å²) in [7, 11) is 0. The molecule has 0 aliphatic rings. The first-order chi connectivity index (χ1) is 5.63. The van der Waals surface area contributed by atoms with Crippen LogP contribution in [0.15, 0.2) is 24.3 Å². The Labute approximate surface area is 70.8 Å². The van der Waals surface area contributed by atoms with Crippen molar-refractivity contribution in [3.05, 3.63) is 35.6 Å². The van der Waals surface area contributed by atoms with E-state index in [1.54, 1.807) is 18.2 Å². The number of halogens is 1. The number of hydrogen-bond acceptors (Lipinski definition) is 2. The van der Waals surface area contributed by atoms with Gasteiger partial charge in [0.05, 0.1) is 12.1 Å². The molecule has 66 valence electrons. The smallest absolute Gasteiger partial charge is 0.128 e. The third kappa shape index (κ3) is 1.81. The molecule has 1 aromatic carbocycles. The van der Waals surface area contributed by atoms with Crippen molar-refractivity contribution < 1.29 is 9.50 Å². The monoisotopic (exact) mass is 169 g/mol. The highest BCUT2D eigenvalue weighted by Crippen LogP contribution is 2.16. The molecule has 2 unspecified atom stereocenters. The maximum absolute atomic E-state index is 13.0. The lowest BCUT2D eigenvalue weighted by atomic mass is 10.0. The van der Waals surface area contributed by atoms with Gasteiger partial charge in [0.15, 0.2) is 0 Å². The van der Waals surface area contributed by atoms with Crippen LogP contribution in [0.4, 0.5) is 4.39 Å². The van der Waals surface area contributed by atoms with Gasteiger partial charge in [-0.05, 0) is 13.0 Å². The molecule has 12 heavy (non-hydrogen) atoms. The summed E-state index contributed by atoms with van der Waals surface area (Å²) in [5.74, 6) is -0.370. The Morgan fingerprint density at radius 1 is 1.42 bits per heavy atom. The summed E-state index contributed by atoms with van der Waals surface area (Å²) in [6, 6.07) is 5.55. The van der Waals surface area contributed by atoms with Crippen LogP contribution in [0, 0.1) is 5.82 Å². The molecule has 1 rings (SSSR count). The normalized spacial score (nSPS) is 15.7. The van der Waals surface area contributed by atoms with E-state index in [-0.39, 0.29) is 5.82 Å². The second-order valence-corrected chi connectivity index (χ2v) is 2.79. The van der Waals surface area contributed by atoms with Crippen molar-refractivity contribution in [3.63, 3.8) is 0 Å². The third-order valence-corrected chi connectivity index (χ3v) is 1.78. The Balaban J connectivity index is 2.94. The summed E-state index contributed by atoms with van der Waals surface area (Å²) in [5.41, 5.74) is 5.90. The molecule has 0 bridgehead atoms. The summed E-state index contributed by atoms with van der Waals surface area (Å²) in [6.45, 7) is 1.54. The summed E-state index contributed by atoms with van der Waals surface area (Å²) in [5, 5.41) is 9.11. The number of hydrogen-bond donors (Lipinski definition) is 2. The zero-order valence-electron chi connectivity index (χ0n) is 6.87. The van der Waals surface area contributed by atoms with E-state index in [2.05, 4.69) is 0 Å². The van der Waals surface area contributed by atoms with Crippen LogP contribution in [-0.4, -0.2) is 11.2 Å². The van der Waals surface area contributed by atoms with Crippen LogP contribution < -0.4 is 5.73 Å². The number of rotatable bonds is 2. The van der Waals surface area contributed by atoms with E-state index in [0.29, 0.717) is 5.56 Å². The number of benzene rings is 1. The molecule has 1 aromatic rings. The fourth-order valence-electron chi connectivity index (χ4n) is 1.01. The largest absolute Gasteiger partial charge is 0.391 e. The van der Waals surface area contributed by atoms with Gasteiger partial charge >= 0.3 is 0 Å². The van der Waals surface area contributed by atoms with Gasteiger partial charge in [0, 0.05) is 5.56 Å². The highest BCUT2D eigenvalue weighted by atomic mass is 19.1. The molecule has 0 amide bonds. The SMILES string of the molecule is CC(O)C(N)c1ccccc1F. The van der Waals surface area contributed by atoms with Crippen molar-refractivity contribution >= 4 is 0 Å². The van der Waals surface area contributed by atoms with E-state index in [0.717, 1.165) is 0 Å². The molecule has 0 saturated heterocycles. The van der Waals surface area contributed by atoms with Gasteiger partial charge in [-0.1, -0.05) is 18.2 Å². The average Bonchev–Trinajstić information content (AvgIpc) is 2.04. The topological polar surface area (TPSA) is 46.2 Å². The Morgan fingerprint density at radius 3 is 2.50 bits per heavy atom. The molecule has 0 fully saturated rings. The molecule has 0 saturated carbocycles. The van der Waals surface area contributed by atoms with Crippen LogP contribution in [0.2, 0.25) is 0 Å². The van der Waals surface area contributed by atoms with Crippen molar-refractivity contribution in [2.24, 2.45) is 5.73 Å². The minimum atomic E-state index is -0.734. The Kier molecular flexibility index (Phi) is 2.78. The van der Waals surface area contributed by atoms with Crippen LogP contribution in [-0.2, 0) is 0 Å². The minimum absolute atomic E-state index is 0.354. The van der Waals surface area contributed by atoms with E-state index in [9.17, 15) is 4.39 Å². The van der Waals surface area contributed by atoms with E-state index in [1.807, 2.05) is 0 Å². The van der Waals surface area contributed by atoms with Gasteiger partial charge in [0.25, 0.3) is 0 Å². The van der Waals surface area contributed by atoms with Crippen molar-refractivity contribution in [1.29, 1.82) is 0 Å². The lowest BCUT2D eigenvalue weighted by molar-refractivity contribution is 0.162. The second kappa shape index (κ2) is 3.65. The van der Waals surface area contributed by atoms with Crippen molar-refractivity contribution in [1.82, 2.24) is 0 Å². The Hall–Kier alpha value is -0.930. The fourth-order valence-corrected chi connectivity index (χ4v) is 1.01. The van der Waals surface area contributed by atoms with Crippen LogP contribution in [0.25, 0.3) is 0 Å². The van der Waals surface area contributed by atoms with Gasteiger partial charge in [-0.2, -0.15) is 0 Å². The predicted octanol–water partition coefficient (Wildman–Crippen LogP) is 1.21. The molecule has 0 aromatic heterocycles. The summed E-state index contributed by atoms with van der Waals surface area (Å²) >= 11 is 0. The van der Waals surface area contributed by atoms with Crippen LogP contribution >= 0.6 is 0 Å². The molecule has 0 radical (unpaired) electrons. The molecule has 2 nitrogen and oxygen atoms in total. The highest BCUT2D eigenvalue weighted by Gasteiger charge is 2.14. The van der Waals surface area contributed by atoms with Gasteiger partial charge in [-0.3, -0.25) is 0 Å². The van der Waals surface area contributed by atoms with Crippen molar-refractivity contribution in [3.8, 4) is 0 Å². The molecule has 0 spiro atoms. The molecule has 0 aliphatic carbocycles. The summed E-state index contributed by atoms with van der Waals surface area (Å²) < 4.78 is 13.0. The minimum Gasteiger partial charge on any atom is -0.391 e. The molecular weight excluding hydrogens is 157 g/mol. The maximum atomic E-state index is 13.0. The summed E-state index contributed by atoms with van der Waals surface area (Å²) in [4.78, 5) is 0. The zero-order valence-corrected chi connectivity index (χ0v) is 6.87. The maximum Gasteiger partial charge on any atom is 0.128 e. The van der Waals surface area contributed by atoms with Gasteiger partial charge in [0.1, 0.15) is 5.82 Å². The first-order valence-electron chi connectivity index (χ1n) is 3.81. The molecule has 2 atom stereocenters. The highest BCUT2D eigenvalue weighted by molar-refractivity contribution is 5.21. The summed E-state index contributed by atoms with van der Waals surface area (Å²) in [6.07, 6.45) is -0.734. The van der Waals surface area contributed by atoms with Gasteiger partial charge < -0.3 is 10.8 Å². The van der Waals surface area contributed by atoms with Crippen LogP contribution in [0.5, 0.6) is 0 Å². The molecule has 0 aliphatic heterocycles. The first-order valence-corrected chi connectivity index (χ1v) is 3.81. The lowest BCUT2D eigenvalue weighted by Gasteiger charge is -2.15. The Bertz CT molecular complexity index is 262. The molecule has 3 heteroatoms. The van der Waals surface area contributed by atoms with Gasteiger partial charge in [0.2, 0.25) is 0 Å². The van der Waals surface area contributed by atoms with E-state index in [4.69, 9.17) is 10.8 Å². The van der Waals surface area contributed by atoms with E-state index in [1.165, 1.54) is 13.0 Å². The third-order valence-electron chi connectivity index (χ3n) is 1.78. The molecular formula is C9H12FNO. The standard InChI is InChI=1S/C9H12FNO/c1-6(12)9(11)7-4-2-3-5-8(7)10/h2-6,9,12H,11H2,1H3. The fraction of sp³-hybridized carbons (Fsp3) is 0.333. The molecule has 3 N–H and O–H groups in total. The van der Waals surface area contributed by atoms with Gasteiger partial charge in [-0.25, -0.2) is 4.39 Å².